The Bertz CT molecular complexity index is 448. The first-order valence-corrected chi connectivity index (χ1v) is 7.39. The summed E-state index contributed by atoms with van der Waals surface area (Å²) in [5.74, 6) is 1.88. The predicted octanol–water partition coefficient (Wildman–Crippen LogP) is 2.27. The van der Waals surface area contributed by atoms with Crippen LogP contribution in [-0.2, 0) is 13.0 Å². The number of nitrogens with one attached hydrogen (secondary N) is 1. The number of rotatable bonds is 7. The fourth-order valence-electron chi connectivity index (χ4n) is 2.52. The zero-order chi connectivity index (χ0) is 14.5. The number of ether oxygens (including phenoxy) is 2. The average molecular weight is 279 g/mol. The minimum absolute atomic E-state index is 0.213. The van der Waals surface area contributed by atoms with Crippen LogP contribution in [0.1, 0.15) is 37.8 Å². The van der Waals surface area contributed by atoms with E-state index in [1.807, 2.05) is 13.0 Å². The van der Waals surface area contributed by atoms with Crippen molar-refractivity contribution in [1.82, 2.24) is 5.32 Å². The third kappa shape index (κ3) is 3.64. The summed E-state index contributed by atoms with van der Waals surface area (Å²) in [6, 6.07) is 4.09. The summed E-state index contributed by atoms with van der Waals surface area (Å²) >= 11 is 0. The fourth-order valence-corrected chi connectivity index (χ4v) is 2.52. The summed E-state index contributed by atoms with van der Waals surface area (Å²) in [6.07, 6.45) is 2.54. The quantitative estimate of drug-likeness (QED) is 0.752. The lowest BCUT2D eigenvalue weighted by Gasteiger charge is -2.13. The SMILES string of the molecule is CCC(O)CCNCc1cc(OC)cc2c1OC(C)C2. The maximum atomic E-state index is 9.54. The lowest BCUT2D eigenvalue weighted by Crippen LogP contribution is -2.20. The van der Waals surface area contributed by atoms with Gasteiger partial charge in [0.2, 0.25) is 0 Å². The monoisotopic (exact) mass is 279 g/mol. The molecular weight excluding hydrogens is 254 g/mol. The molecule has 4 nitrogen and oxygen atoms in total. The summed E-state index contributed by atoms with van der Waals surface area (Å²) in [4.78, 5) is 0. The summed E-state index contributed by atoms with van der Waals surface area (Å²) in [5.41, 5.74) is 2.36. The molecule has 0 aliphatic carbocycles. The second-order valence-corrected chi connectivity index (χ2v) is 5.43. The molecule has 1 aliphatic heterocycles. The molecule has 20 heavy (non-hydrogen) atoms. The van der Waals surface area contributed by atoms with Crippen molar-refractivity contribution < 1.29 is 14.6 Å². The summed E-state index contributed by atoms with van der Waals surface area (Å²) < 4.78 is 11.2. The Labute approximate surface area is 121 Å². The second kappa shape index (κ2) is 6.95. The minimum atomic E-state index is -0.213. The zero-order valence-electron chi connectivity index (χ0n) is 12.6. The van der Waals surface area contributed by atoms with Crippen LogP contribution in [0.5, 0.6) is 11.5 Å². The van der Waals surface area contributed by atoms with Crippen molar-refractivity contribution in [2.24, 2.45) is 0 Å². The van der Waals surface area contributed by atoms with Gasteiger partial charge in [0.1, 0.15) is 17.6 Å². The molecule has 112 valence electrons. The second-order valence-electron chi connectivity index (χ2n) is 5.43. The van der Waals surface area contributed by atoms with Crippen molar-refractivity contribution in [2.75, 3.05) is 13.7 Å². The molecule has 2 unspecified atom stereocenters. The highest BCUT2D eigenvalue weighted by Crippen LogP contribution is 2.36. The molecule has 0 amide bonds. The van der Waals surface area contributed by atoms with Gasteiger partial charge < -0.3 is 19.9 Å². The summed E-state index contributed by atoms with van der Waals surface area (Å²) in [6.45, 7) is 5.62. The van der Waals surface area contributed by atoms with E-state index < -0.39 is 0 Å². The highest BCUT2D eigenvalue weighted by Gasteiger charge is 2.23. The molecule has 1 aliphatic rings. The van der Waals surface area contributed by atoms with Crippen LogP contribution in [0.15, 0.2) is 12.1 Å². The minimum Gasteiger partial charge on any atom is -0.497 e. The van der Waals surface area contributed by atoms with Crippen molar-refractivity contribution in [2.45, 2.75) is 51.9 Å². The lowest BCUT2D eigenvalue weighted by molar-refractivity contribution is 0.159. The molecule has 1 aromatic carbocycles. The number of hydrogen-bond acceptors (Lipinski definition) is 4. The van der Waals surface area contributed by atoms with Crippen LogP contribution in [0, 0.1) is 0 Å². The first-order valence-electron chi connectivity index (χ1n) is 7.39. The Morgan fingerprint density at radius 3 is 3.00 bits per heavy atom. The van der Waals surface area contributed by atoms with Gasteiger partial charge in [-0.15, -0.1) is 0 Å². The van der Waals surface area contributed by atoms with Crippen molar-refractivity contribution >= 4 is 0 Å². The smallest absolute Gasteiger partial charge is 0.127 e. The molecule has 1 heterocycles. The predicted molar refractivity (Wildman–Crippen MR) is 79.4 cm³/mol. The van der Waals surface area contributed by atoms with Crippen LogP contribution in [0.2, 0.25) is 0 Å². The van der Waals surface area contributed by atoms with E-state index >= 15 is 0 Å². The molecule has 0 bridgehead atoms. The van der Waals surface area contributed by atoms with Crippen LogP contribution in [-0.4, -0.2) is 31.0 Å². The molecule has 2 atom stereocenters. The van der Waals surface area contributed by atoms with E-state index in [1.165, 1.54) is 5.56 Å². The Morgan fingerprint density at radius 2 is 2.30 bits per heavy atom. The fraction of sp³-hybridized carbons (Fsp3) is 0.625. The third-order valence-corrected chi connectivity index (χ3v) is 3.72. The van der Waals surface area contributed by atoms with Crippen LogP contribution >= 0.6 is 0 Å². The summed E-state index contributed by atoms with van der Waals surface area (Å²) in [5, 5.41) is 12.9. The molecule has 0 spiro atoms. The van der Waals surface area contributed by atoms with Gasteiger partial charge in [0.05, 0.1) is 13.2 Å². The van der Waals surface area contributed by atoms with E-state index in [0.29, 0.717) is 0 Å². The van der Waals surface area contributed by atoms with Gasteiger partial charge in [-0.25, -0.2) is 0 Å². The van der Waals surface area contributed by atoms with Gasteiger partial charge >= 0.3 is 0 Å². The van der Waals surface area contributed by atoms with E-state index in [2.05, 4.69) is 18.3 Å². The average Bonchev–Trinajstić information content (AvgIpc) is 2.83. The Kier molecular flexibility index (Phi) is 5.26. The number of methoxy groups -OCH3 is 1. The van der Waals surface area contributed by atoms with Crippen LogP contribution in [0.25, 0.3) is 0 Å². The van der Waals surface area contributed by atoms with Gasteiger partial charge in [-0.3, -0.25) is 0 Å². The third-order valence-electron chi connectivity index (χ3n) is 3.72. The van der Waals surface area contributed by atoms with Gasteiger partial charge in [-0.05, 0) is 38.4 Å². The highest BCUT2D eigenvalue weighted by molar-refractivity contribution is 5.49. The van der Waals surface area contributed by atoms with Crippen molar-refractivity contribution in [3.05, 3.63) is 23.3 Å². The number of aliphatic hydroxyl groups excluding tert-OH is 1. The number of fused-ring (bicyclic) bond motifs is 1. The molecule has 0 aromatic heterocycles. The first kappa shape index (κ1) is 15.1. The topological polar surface area (TPSA) is 50.7 Å². The van der Waals surface area contributed by atoms with Crippen LogP contribution in [0.4, 0.5) is 0 Å². The van der Waals surface area contributed by atoms with E-state index in [-0.39, 0.29) is 12.2 Å². The zero-order valence-corrected chi connectivity index (χ0v) is 12.6. The van der Waals surface area contributed by atoms with Gasteiger partial charge in [0.25, 0.3) is 0 Å². The van der Waals surface area contributed by atoms with E-state index in [4.69, 9.17) is 9.47 Å². The van der Waals surface area contributed by atoms with Gasteiger partial charge in [-0.1, -0.05) is 6.92 Å². The number of hydrogen-bond donors (Lipinski definition) is 2. The standard InChI is InChI=1S/C16H25NO3/c1-4-14(18)5-6-17-10-13-9-15(19-3)8-12-7-11(2)20-16(12)13/h8-9,11,14,17-18H,4-7,10H2,1-3H3. The van der Waals surface area contributed by atoms with Crippen LogP contribution in [0.3, 0.4) is 0 Å². The van der Waals surface area contributed by atoms with Crippen LogP contribution < -0.4 is 14.8 Å². The number of aliphatic hydroxyl groups is 1. The van der Waals surface area contributed by atoms with Gasteiger partial charge in [-0.2, -0.15) is 0 Å². The molecule has 1 aromatic rings. The Morgan fingerprint density at radius 1 is 1.50 bits per heavy atom. The molecule has 0 radical (unpaired) electrons. The Balaban J connectivity index is 1.99. The van der Waals surface area contributed by atoms with E-state index in [9.17, 15) is 5.11 Å². The van der Waals surface area contributed by atoms with E-state index in [0.717, 1.165) is 49.4 Å². The van der Waals surface area contributed by atoms with Gasteiger partial charge in [0, 0.05) is 24.1 Å². The highest BCUT2D eigenvalue weighted by atomic mass is 16.5. The molecule has 2 N–H and O–H groups in total. The maximum absolute atomic E-state index is 9.54. The molecule has 2 rings (SSSR count). The normalized spacial score (nSPS) is 18.5. The Hall–Kier alpha value is -1.26. The lowest BCUT2D eigenvalue weighted by atomic mass is 10.1. The largest absolute Gasteiger partial charge is 0.497 e. The molecule has 4 heteroatoms. The van der Waals surface area contributed by atoms with E-state index in [1.54, 1.807) is 7.11 Å². The van der Waals surface area contributed by atoms with Gasteiger partial charge in [0.15, 0.2) is 0 Å². The molecule has 0 saturated heterocycles. The van der Waals surface area contributed by atoms with Crippen molar-refractivity contribution in [3.8, 4) is 11.5 Å². The van der Waals surface area contributed by atoms with Crippen molar-refractivity contribution in [1.29, 1.82) is 0 Å². The van der Waals surface area contributed by atoms with Crippen molar-refractivity contribution in [3.63, 3.8) is 0 Å². The first-order chi connectivity index (χ1) is 9.63. The molecular formula is C16H25NO3. The molecule has 0 saturated carbocycles. The maximum Gasteiger partial charge on any atom is 0.127 e. The summed E-state index contributed by atoms with van der Waals surface area (Å²) in [7, 11) is 1.69. The molecule has 0 fully saturated rings. The number of benzene rings is 1.